The standard InChI is InChI=1S/C30H36ClFN2O3S/c1-37-24-8-10-29-27(19-24)26(12-14-33-29)28(32)9-6-21-13-16-34(20-22(21)7-11-30(35)36)15-3-17-38-25-5-2-4-23(31)18-25/h2,4-5,8,10,12,14,18-19,21-22,28H,3,6-7,9,11,13,15-17,20H2,1H3,(H,35,36)/t21-,22-,28-/m1/s1. The monoisotopic (exact) mass is 558 g/mol. The molecule has 1 aliphatic rings. The summed E-state index contributed by atoms with van der Waals surface area (Å²) in [6, 6.07) is 15.2. The number of likely N-dealkylation sites (tertiary alicyclic amines) is 1. The van der Waals surface area contributed by atoms with Gasteiger partial charge in [0.2, 0.25) is 0 Å². The summed E-state index contributed by atoms with van der Waals surface area (Å²) < 4.78 is 20.9. The van der Waals surface area contributed by atoms with Gasteiger partial charge in [0.05, 0.1) is 12.6 Å². The van der Waals surface area contributed by atoms with E-state index in [4.69, 9.17) is 16.3 Å². The summed E-state index contributed by atoms with van der Waals surface area (Å²) in [5, 5.41) is 10.8. The molecule has 3 aromatic rings. The molecular weight excluding hydrogens is 523 g/mol. The predicted molar refractivity (Wildman–Crippen MR) is 153 cm³/mol. The number of ether oxygens (including phenoxy) is 1. The van der Waals surface area contributed by atoms with Crippen molar-refractivity contribution in [2.45, 2.75) is 49.6 Å². The van der Waals surface area contributed by atoms with Crippen LogP contribution in [0.25, 0.3) is 10.9 Å². The van der Waals surface area contributed by atoms with Gasteiger partial charge in [0.1, 0.15) is 11.9 Å². The smallest absolute Gasteiger partial charge is 0.303 e. The lowest BCUT2D eigenvalue weighted by Crippen LogP contribution is -2.41. The molecule has 5 nitrogen and oxygen atoms in total. The van der Waals surface area contributed by atoms with E-state index in [9.17, 15) is 9.90 Å². The molecular formula is C30H36ClFN2O3S. The van der Waals surface area contributed by atoms with E-state index in [0.717, 1.165) is 60.6 Å². The number of alkyl halides is 1. The molecule has 2 heterocycles. The molecule has 38 heavy (non-hydrogen) atoms. The molecule has 1 fully saturated rings. The second kappa shape index (κ2) is 14.2. The molecule has 1 aliphatic heterocycles. The summed E-state index contributed by atoms with van der Waals surface area (Å²) in [7, 11) is 1.60. The number of nitrogens with zero attached hydrogens (tertiary/aromatic N) is 2. The van der Waals surface area contributed by atoms with Gasteiger partial charge in [-0.2, -0.15) is 0 Å². The number of pyridine rings is 1. The Kier molecular flexibility index (Phi) is 10.7. The van der Waals surface area contributed by atoms with Gasteiger partial charge in [0.25, 0.3) is 0 Å². The normalized spacial score (nSPS) is 18.9. The molecule has 0 saturated carbocycles. The summed E-state index contributed by atoms with van der Waals surface area (Å²) in [5.74, 6) is 1.52. The molecule has 8 heteroatoms. The minimum atomic E-state index is -1.10. The molecule has 3 atom stereocenters. The van der Waals surface area contributed by atoms with E-state index in [1.54, 1.807) is 19.4 Å². The van der Waals surface area contributed by atoms with Crippen molar-refractivity contribution in [2.75, 3.05) is 32.5 Å². The van der Waals surface area contributed by atoms with Gasteiger partial charge in [-0.05, 0) is 111 Å². The largest absolute Gasteiger partial charge is 0.497 e. The molecule has 1 aromatic heterocycles. The third-order valence-electron chi connectivity index (χ3n) is 7.50. The van der Waals surface area contributed by atoms with Crippen LogP contribution in [0.2, 0.25) is 5.02 Å². The molecule has 204 valence electrons. The molecule has 1 saturated heterocycles. The number of rotatable bonds is 13. The van der Waals surface area contributed by atoms with E-state index in [1.165, 1.54) is 4.90 Å². The summed E-state index contributed by atoms with van der Waals surface area (Å²) in [6.45, 7) is 2.84. The van der Waals surface area contributed by atoms with Crippen LogP contribution in [-0.2, 0) is 4.79 Å². The van der Waals surface area contributed by atoms with Crippen LogP contribution in [0.5, 0.6) is 5.75 Å². The third-order valence-corrected chi connectivity index (χ3v) is 8.81. The van der Waals surface area contributed by atoms with Gasteiger partial charge in [0.15, 0.2) is 0 Å². The van der Waals surface area contributed by atoms with E-state index in [-0.39, 0.29) is 12.3 Å². The number of carboxylic acids is 1. The summed E-state index contributed by atoms with van der Waals surface area (Å²) >= 11 is 7.89. The Morgan fingerprint density at radius 3 is 2.89 bits per heavy atom. The fraction of sp³-hybridized carbons (Fsp3) is 0.467. The van der Waals surface area contributed by atoms with Gasteiger partial charge >= 0.3 is 5.97 Å². The maximum absolute atomic E-state index is 15.6. The molecule has 1 N–H and O–H groups in total. The average Bonchev–Trinajstić information content (AvgIpc) is 2.92. The number of aliphatic carboxylic acids is 1. The van der Waals surface area contributed by atoms with Crippen LogP contribution in [0, 0.1) is 11.8 Å². The summed E-state index contributed by atoms with van der Waals surface area (Å²) in [4.78, 5) is 19.3. The minimum absolute atomic E-state index is 0.160. The zero-order valence-electron chi connectivity index (χ0n) is 21.8. The fourth-order valence-corrected chi connectivity index (χ4v) is 6.62. The Morgan fingerprint density at radius 2 is 2.11 bits per heavy atom. The van der Waals surface area contributed by atoms with Gasteiger partial charge in [-0.15, -0.1) is 11.8 Å². The first-order valence-corrected chi connectivity index (χ1v) is 14.7. The van der Waals surface area contributed by atoms with E-state index in [1.807, 2.05) is 48.2 Å². The molecule has 0 unspecified atom stereocenters. The number of fused-ring (bicyclic) bond motifs is 1. The van der Waals surface area contributed by atoms with Crippen LogP contribution in [-0.4, -0.2) is 53.5 Å². The first kappa shape index (κ1) is 28.7. The molecule has 0 radical (unpaired) electrons. The highest BCUT2D eigenvalue weighted by Crippen LogP contribution is 2.36. The lowest BCUT2D eigenvalue weighted by atomic mass is 9.79. The molecule has 0 bridgehead atoms. The minimum Gasteiger partial charge on any atom is -0.497 e. The number of thioether (sulfide) groups is 1. The van der Waals surface area contributed by atoms with Crippen molar-refractivity contribution >= 4 is 40.2 Å². The van der Waals surface area contributed by atoms with Crippen LogP contribution < -0.4 is 4.74 Å². The van der Waals surface area contributed by atoms with Crippen molar-refractivity contribution < 1.29 is 19.0 Å². The number of methoxy groups -OCH3 is 1. The number of hydrogen-bond acceptors (Lipinski definition) is 5. The Balaban J connectivity index is 1.32. The zero-order valence-corrected chi connectivity index (χ0v) is 23.4. The number of benzene rings is 2. The van der Waals surface area contributed by atoms with Crippen molar-refractivity contribution in [3.8, 4) is 5.75 Å². The summed E-state index contributed by atoms with van der Waals surface area (Å²) in [5.41, 5.74) is 1.40. The first-order valence-electron chi connectivity index (χ1n) is 13.3. The van der Waals surface area contributed by atoms with E-state index in [2.05, 4.69) is 16.0 Å². The van der Waals surface area contributed by atoms with E-state index < -0.39 is 12.1 Å². The van der Waals surface area contributed by atoms with Crippen LogP contribution in [0.4, 0.5) is 4.39 Å². The zero-order chi connectivity index (χ0) is 26.9. The fourth-order valence-electron chi connectivity index (χ4n) is 5.47. The van der Waals surface area contributed by atoms with Crippen LogP contribution in [0.1, 0.15) is 50.3 Å². The highest BCUT2D eigenvalue weighted by molar-refractivity contribution is 7.99. The molecule has 0 aliphatic carbocycles. The van der Waals surface area contributed by atoms with Crippen LogP contribution in [0.15, 0.2) is 59.6 Å². The highest BCUT2D eigenvalue weighted by atomic mass is 35.5. The Labute approximate surface area is 233 Å². The van der Waals surface area contributed by atoms with E-state index in [0.29, 0.717) is 30.1 Å². The van der Waals surface area contributed by atoms with Gasteiger partial charge in [0, 0.05) is 34.5 Å². The first-order chi connectivity index (χ1) is 18.4. The van der Waals surface area contributed by atoms with Gasteiger partial charge < -0.3 is 14.7 Å². The molecule has 2 aromatic carbocycles. The van der Waals surface area contributed by atoms with Crippen LogP contribution in [0.3, 0.4) is 0 Å². The quantitative estimate of drug-likeness (QED) is 0.171. The Hall–Kier alpha value is -2.35. The second-order valence-electron chi connectivity index (χ2n) is 10.0. The van der Waals surface area contributed by atoms with Crippen LogP contribution >= 0.6 is 23.4 Å². The SMILES string of the molecule is COc1ccc2nccc([C@H](F)CC[C@@H]3CCN(CCCSc4cccc(Cl)c4)C[C@H]3CCC(=O)O)c2c1. The maximum atomic E-state index is 15.6. The Bertz CT molecular complexity index is 1210. The number of carbonyl (C=O) groups is 1. The Morgan fingerprint density at radius 1 is 1.24 bits per heavy atom. The average molecular weight is 559 g/mol. The molecule has 4 rings (SSSR count). The van der Waals surface area contributed by atoms with Crippen molar-refractivity contribution in [2.24, 2.45) is 11.8 Å². The van der Waals surface area contributed by atoms with Gasteiger partial charge in [-0.25, -0.2) is 4.39 Å². The van der Waals surface area contributed by atoms with E-state index >= 15 is 4.39 Å². The van der Waals surface area contributed by atoms with Crippen molar-refractivity contribution in [1.82, 2.24) is 9.88 Å². The second-order valence-corrected chi connectivity index (χ2v) is 11.6. The number of aromatic nitrogens is 1. The number of carboxylic acid groups (broad SMARTS) is 1. The number of halogens is 2. The number of piperidine rings is 1. The third kappa shape index (κ3) is 8.08. The maximum Gasteiger partial charge on any atom is 0.303 e. The van der Waals surface area contributed by atoms with Crippen molar-refractivity contribution in [3.05, 3.63) is 65.3 Å². The number of hydrogen-bond donors (Lipinski definition) is 1. The highest BCUT2D eigenvalue weighted by Gasteiger charge is 2.30. The van der Waals surface area contributed by atoms with Gasteiger partial charge in [-0.1, -0.05) is 17.7 Å². The predicted octanol–water partition coefficient (Wildman–Crippen LogP) is 7.67. The topological polar surface area (TPSA) is 62.7 Å². The summed E-state index contributed by atoms with van der Waals surface area (Å²) in [6.07, 6.45) is 4.55. The van der Waals surface area contributed by atoms with Gasteiger partial charge in [-0.3, -0.25) is 9.78 Å². The lowest BCUT2D eigenvalue weighted by Gasteiger charge is -2.39. The molecule has 0 spiro atoms. The lowest BCUT2D eigenvalue weighted by molar-refractivity contribution is -0.137. The molecule has 0 amide bonds. The van der Waals surface area contributed by atoms with Crippen molar-refractivity contribution in [3.63, 3.8) is 0 Å². The van der Waals surface area contributed by atoms with Crippen molar-refractivity contribution in [1.29, 1.82) is 0 Å².